The van der Waals surface area contributed by atoms with Crippen molar-refractivity contribution in [2.75, 3.05) is 65.4 Å². The first-order valence-corrected chi connectivity index (χ1v) is 35.9. The number of ketones is 3. The van der Waals surface area contributed by atoms with Gasteiger partial charge in [0.25, 0.3) is 0 Å². The number of carboxylic acid groups (broad SMARTS) is 5. The number of nitrogens with zero attached hydrogens (tertiary/aromatic N) is 3. The van der Waals surface area contributed by atoms with Gasteiger partial charge in [-0.05, 0) is 105 Å². The highest BCUT2D eigenvalue weighted by Gasteiger charge is 2.32. The average Bonchev–Trinajstić information content (AvgIpc) is 1.70. The second kappa shape index (κ2) is 46.6. The molecule has 101 heavy (non-hydrogen) atoms. The summed E-state index contributed by atoms with van der Waals surface area (Å²) in [4.78, 5) is 146. The van der Waals surface area contributed by atoms with Crippen LogP contribution in [0.5, 0.6) is 0 Å². The van der Waals surface area contributed by atoms with Gasteiger partial charge in [0.2, 0.25) is 11.8 Å². The number of carbonyl (C=O) groups excluding carboxylic acids is 6. The van der Waals surface area contributed by atoms with E-state index < -0.39 is 77.8 Å². The van der Waals surface area contributed by atoms with Crippen molar-refractivity contribution in [2.45, 2.75) is 179 Å². The van der Waals surface area contributed by atoms with Crippen molar-refractivity contribution < 1.29 is 78.3 Å². The molecule has 0 bridgehead atoms. The minimum Gasteiger partial charge on any atom is -0.481 e. The second-order valence-corrected chi connectivity index (χ2v) is 26.9. The zero-order valence-corrected chi connectivity index (χ0v) is 59.1. The molecule has 1 saturated heterocycles. The molecule has 10 N–H and O–H groups in total. The molecule has 0 spiro atoms. The highest BCUT2D eigenvalue weighted by Crippen LogP contribution is 2.22. The summed E-state index contributed by atoms with van der Waals surface area (Å²) in [5, 5.41) is 62.9. The topological polar surface area (TPSA) is 359 Å². The Morgan fingerprint density at radius 2 is 0.980 bits per heavy atom. The molecule has 1 fully saturated rings. The van der Waals surface area contributed by atoms with Gasteiger partial charge in [-0.25, -0.2) is 9.59 Å². The van der Waals surface area contributed by atoms with Gasteiger partial charge in [-0.3, -0.25) is 57.9 Å². The Labute approximate surface area is 598 Å². The zero-order chi connectivity index (χ0) is 73.3. The van der Waals surface area contributed by atoms with E-state index in [1.165, 1.54) is 0 Å². The zero-order valence-electron chi connectivity index (χ0n) is 58.2. The van der Waals surface area contributed by atoms with Crippen molar-refractivity contribution in [3.05, 3.63) is 143 Å². The summed E-state index contributed by atoms with van der Waals surface area (Å²) >= 11 is 5.96. The highest BCUT2D eigenvalue weighted by molar-refractivity contribution is 7.80. The number of carboxylic acids is 5. The lowest BCUT2D eigenvalue weighted by molar-refractivity contribution is -0.144. The number of thiocarbonyl (C=S) groups is 1. The lowest BCUT2D eigenvalue weighted by Crippen LogP contribution is -2.49. The first-order valence-electron chi connectivity index (χ1n) is 35.5. The maximum absolute atomic E-state index is 14.9. The van der Waals surface area contributed by atoms with E-state index in [0.29, 0.717) is 95.3 Å². The van der Waals surface area contributed by atoms with Crippen LogP contribution in [0.4, 0.5) is 4.79 Å². The van der Waals surface area contributed by atoms with Crippen molar-refractivity contribution in [2.24, 2.45) is 11.8 Å². The van der Waals surface area contributed by atoms with Crippen LogP contribution in [0.2, 0.25) is 0 Å². The van der Waals surface area contributed by atoms with Crippen LogP contribution in [-0.4, -0.2) is 200 Å². The van der Waals surface area contributed by atoms with Crippen molar-refractivity contribution in [1.29, 1.82) is 0 Å². The number of amides is 4. The van der Waals surface area contributed by atoms with Crippen LogP contribution in [0, 0.1) is 11.8 Å². The van der Waals surface area contributed by atoms with Gasteiger partial charge in [0.15, 0.2) is 11.6 Å². The Hall–Kier alpha value is -8.78. The number of hydrogen-bond acceptors (Lipinski definition) is 15. The molecule has 4 amide bonds. The van der Waals surface area contributed by atoms with E-state index in [1.54, 1.807) is 14.7 Å². The normalized spacial score (nSPS) is 15.2. The Kier molecular flexibility index (Phi) is 38.2. The van der Waals surface area contributed by atoms with Crippen LogP contribution in [0.3, 0.4) is 0 Å². The largest absolute Gasteiger partial charge is 0.481 e. The van der Waals surface area contributed by atoms with E-state index in [4.69, 9.17) is 12.2 Å². The smallest absolute Gasteiger partial charge is 0.326 e. The first kappa shape index (κ1) is 82.9. The van der Waals surface area contributed by atoms with Gasteiger partial charge < -0.3 is 52.1 Å². The first-order chi connectivity index (χ1) is 48.5. The molecule has 4 aromatic rings. The summed E-state index contributed by atoms with van der Waals surface area (Å²) in [5.41, 5.74) is 4.16. The van der Waals surface area contributed by atoms with E-state index in [1.807, 2.05) is 122 Å². The molecule has 5 unspecified atom stereocenters. The maximum atomic E-state index is 14.9. The average molecular weight is 1420 g/mol. The standard InChI is InChI=1S/C76H104N8O16S/c1-2-22-63(75(98)99)81-76(100)78-38-21-9-20-37-77-68(88)32-19-4-3-17-30-62(85)48-59(74(96)97)29-16-8-18-31-66(86)64(45-55-25-12-6-13-26-55)80-73(95)60(43-54-23-10-5-11-24-54)49-67(87)65(46-56-27-14-7-15-28-56)79-69(101)47-58-35-33-57(34-36-58)44-61-50-83(52-71(91)92)40-39-82(51-70(89)90)41-42-84(61)53-72(93)94/h5-7,10-15,23-28,33-36,59-61,63-65H,2-4,8-9,16-22,29-32,37-53H2,1H3,(H,77,88)(H,79,101)(H,80,95)(H,89,90)(H,91,92)(H,93,94)(H,96,97)(H,98,99)(H2,78,81,100)/t59?,60?,61?,63-,64?,65?/m0/s1. The maximum Gasteiger partial charge on any atom is 0.326 e. The van der Waals surface area contributed by atoms with Crippen LogP contribution in [0.25, 0.3) is 0 Å². The van der Waals surface area contributed by atoms with Crippen LogP contribution in [0.1, 0.15) is 150 Å². The molecule has 4 aromatic carbocycles. The minimum absolute atomic E-state index is 0.0726. The van der Waals surface area contributed by atoms with Crippen molar-refractivity contribution in [3.63, 3.8) is 0 Å². The van der Waals surface area contributed by atoms with Crippen LogP contribution >= 0.6 is 12.2 Å². The Balaban J connectivity index is 1.13. The molecule has 5 rings (SSSR count). The van der Waals surface area contributed by atoms with Crippen LogP contribution in [-0.2, 0) is 80.0 Å². The predicted octanol–water partition coefficient (Wildman–Crippen LogP) is 7.75. The lowest BCUT2D eigenvalue weighted by atomic mass is 9.88. The molecule has 25 heteroatoms. The number of nitrogens with one attached hydrogen (secondary N) is 5. The van der Waals surface area contributed by atoms with Crippen molar-refractivity contribution >= 4 is 82.2 Å². The van der Waals surface area contributed by atoms with Gasteiger partial charge in [-0.2, -0.15) is 0 Å². The second-order valence-electron chi connectivity index (χ2n) is 26.4. The number of carbonyl (C=O) groups is 11. The lowest BCUT2D eigenvalue weighted by Gasteiger charge is -2.33. The number of Topliss-reactive ketones (excluding diaryl/α,β-unsaturated/α-hetero) is 3. The number of rotatable bonds is 49. The van der Waals surface area contributed by atoms with Gasteiger partial charge in [0.05, 0.1) is 42.6 Å². The summed E-state index contributed by atoms with van der Waals surface area (Å²) < 4.78 is 0. The van der Waals surface area contributed by atoms with Gasteiger partial charge in [-0.1, -0.05) is 167 Å². The van der Waals surface area contributed by atoms with Gasteiger partial charge in [-0.15, -0.1) is 0 Å². The molecule has 550 valence electrons. The Morgan fingerprint density at radius 1 is 0.465 bits per heavy atom. The number of hydrogen-bond donors (Lipinski definition) is 10. The fraction of sp³-hybridized carbons (Fsp3) is 0.526. The molecule has 0 radical (unpaired) electrons. The molecule has 1 aliphatic heterocycles. The summed E-state index contributed by atoms with van der Waals surface area (Å²) in [6, 6.07) is 32.0. The quantitative estimate of drug-likeness (QED) is 0.0149. The van der Waals surface area contributed by atoms with Crippen molar-refractivity contribution in [3.8, 4) is 0 Å². The molecule has 0 saturated carbocycles. The van der Waals surface area contributed by atoms with Gasteiger partial charge in [0, 0.05) is 96.3 Å². The fourth-order valence-corrected chi connectivity index (χ4v) is 12.8. The molecular weight excluding hydrogens is 1310 g/mol. The van der Waals surface area contributed by atoms with E-state index in [9.17, 15) is 78.3 Å². The molecule has 0 aliphatic carbocycles. The van der Waals surface area contributed by atoms with E-state index in [-0.39, 0.29) is 127 Å². The summed E-state index contributed by atoms with van der Waals surface area (Å²) in [6.45, 7) is 3.16. The SMILES string of the molecule is CCC[C@H](NC(=O)NCCCCCNC(=O)CCCCCCC(=O)CC(CCCCCC(=O)C(Cc1ccccc1)NC(=O)C(CC(=O)C(Cc1ccccc1)NC(=S)Cc1ccc(CC2CN(CC(=O)O)CCN(CC(=O)O)CCN2CC(=O)O)cc1)Cc1ccccc1)C(=O)O)C(=O)O. The predicted molar refractivity (Wildman–Crippen MR) is 386 cm³/mol. The summed E-state index contributed by atoms with van der Waals surface area (Å²) in [5.74, 6) is -8.25. The fourth-order valence-electron chi connectivity index (χ4n) is 12.5. The van der Waals surface area contributed by atoms with E-state index in [0.717, 1.165) is 47.1 Å². The third-order valence-electron chi connectivity index (χ3n) is 18.0. The third kappa shape index (κ3) is 34.4. The molecule has 24 nitrogen and oxygen atoms in total. The minimum atomic E-state index is -1.07. The molecule has 1 aliphatic rings. The number of aliphatic carboxylic acids is 5. The summed E-state index contributed by atoms with van der Waals surface area (Å²) in [7, 11) is 0. The van der Waals surface area contributed by atoms with Crippen molar-refractivity contribution in [1.82, 2.24) is 41.3 Å². The van der Waals surface area contributed by atoms with Gasteiger partial charge >= 0.3 is 35.9 Å². The number of unbranched alkanes of at least 4 members (excludes halogenated alkanes) is 7. The van der Waals surface area contributed by atoms with E-state index in [2.05, 4.69) is 26.6 Å². The third-order valence-corrected chi connectivity index (χ3v) is 18.3. The van der Waals surface area contributed by atoms with Crippen LogP contribution in [0.15, 0.2) is 115 Å². The Bertz CT molecular complexity index is 3270. The monoisotopic (exact) mass is 1420 g/mol. The molecular formula is C76H104N8O16S. The molecule has 6 atom stereocenters. The Morgan fingerprint density at radius 3 is 1.56 bits per heavy atom. The molecule has 0 aromatic heterocycles. The summed E-state index contributed by atoms with van der Waals surface area (Å²) in [6.07, 6.45) is 9.07. The number of benzene rings is 4. The van der Waals surface area contributed by atoms with Gasteiger partial charge in [0.1, 0.15) is 11.8 Å². The number of urea groups is 1. The highest BCUT2D eigenvalue weighted by atomic mass is 32.1. The van der Waals surface area contributed by atoms with Crippen LogP contribution < -0.4 is 26.6 Å². The van der Waals surface area contributed by atoms with E-state index >= 15 is 0 Å². The molecule has 1 heterocycles.